The molecule has 5 nitrogen and oxygen atoms in total. The Morgan fingerprint density at radius 2 is 2.00 bits per heavy atom. The number of carbonyl (C=O) groups excluding carboxylic acids is 1. The van der Waals surface area contributed by atoms with Crippen molar-refractivity contribution in [1.29, 1.82) is 0 Å². The predicted octanol–water partition coefficient (Wildman–Crippen LogP) is 3.63. The Bertz CT molecular complexity index is 732. The fraction of sp³-hybridized carbons (Fsp3) is 0.278. The molecule has 1 amide bonds. The number of amides is 1. The summed E-state index contributed by atoms with van der Waals surface area (Å²) in [5.74, 6) is -1.43. The maximum Gasteiger partial charge on any atom is 0.326 e. The van der Waals surface area contributed by atoms with Crippen LogP contribution in [0, 0.1) is 5.92 Å². The van der Waals surface area contributed by atoms with Crippen LogP contribution >= 0.6 is 11.6 Å². The molecule has 0 saturated heterocycles. The molecule has 6 heteroatoms. The fourth-order valence-electron chi connectivity index (χ4n) is 2.32. The monoisotopic (exact) mass is 346 g/mol. The van der Waals surface area contributed by atoms with Crippen molar-refractivity contribution in [2.24, 2.45) is 5.92 Å². The van der Waals surface area contributed by atoms with Crippen molar-refractivity contribution < 1.29 is 14.7 Å². The molecular formula is C18H19ClN2O3. The van der Waals surface area contributed by atoms with Gasteiger partial charge in [0.1, 0.15) is 6.04 Å². The van der Waals surface area contributed by atoms with E-state index in [1.54, 1.807) is 30.5 Å². The molecule has 1 atom stereocenters. The molecule has 2 N–H and O–H groups in total. The van der Waals surface area contributed by atoms with E-state index in [1.165, 1.54) is 0 Å². The van der Waals surface area contributed by atoms with Crippen molar-refractivity contribution in [1.82, 2.24) is 10.3 Å². The first-order valence-corrected chi connectivity index (χ1v) is 8.01. The van der Waals surface area contributed by atoms with Gasteiger partial charge in [-0.1, -0.05) is 37.6 Å². The van der Waals surface area contributed by atoms with Crippen LogP contribution in [-0.4, -0.2) is 28.0 Å². The number of halogens is 1. The van der Waals surface area contributed by atoms with Gasteiger partial charge in [-0.15, -0.1) is 0 Å². The minimum absolute atomic E-state index is 0.140. The Morgan fingerprint density at radius 1 is 1.25 bits per heavy atom. The van der Waals surface area contributed by atoms with Crippen LogP contribution in [0.2, 0.25) is 5.02 Å². The molecule has 0 aliphatic carbocycles. The number of pyridine rings is 1. The van der Waals surface area contributed by atoms with Crippen LogP contribution in [0.25, 0.3) is 11.3 Å². The highest BCUT2D eigenvalue weighted by atomic mass is 35.5. The average molecular weight is 347 g/mol. The van der Waals surface area contributed by atoms with Crippen molar-refractivity contribution in [2.75, 3.05) is 0 Å². The van der Waals surface area contributed by atoms with Gasteiger partial charge in [-0.3, -0.25) is 9.78 Å². The van der Waals surface area contributed by atoms with Crippen LogP contribution in [0.4, 0.5) is 0 Å². The lowest BCUT2D eigenvalue weighted by atomic mass is 10.0. The lowest BCUT2D eigenvalue weighted by Gasteiger charge is -2.17. The van der Waals surface area contributed by atoms with Crippen LogP contribution in [0.3, 0.4) is 0 Å². The van der Waals surface area contributed by atoms with Gasteiger partial charge in [-0.05, 0) is 36.6 Å². The first kappa shape index (κ1) is 17.9. The summed E-state index contributed by atoms with van der Waals surface area (Å²) in [6.45, 7) is 3.80. The molecule has 0 bridgehead atoms. The van der Waals surface area contributed by atoms with Gasteiger partial charge in [0.2, 0.25) is 0 Å². The van der Waals surface area contributed by atoms with E-state index in [2.05, 4.69) is 10.3 Å². The molecule has 0 spiro atoms. The highest BCUT2D eigenvalue weighted by Gasteiger charge is 2.23. The number of aromatic nitrogens is 1. The van der Waals surface area contributed by atoms with Gasteiger partial charge >= 0.3 is 5.97 Å². The summed E-state index contributed by atoms with van der Waals surface area (Å²) in [5, 5.41) is 12.1. The van der Waals surface area contributed by atoms with Crippen molar-refractivity contribution >= 4 is 23.5 Å². The minimum Gasteiger partial charge on any atom is -0.480 e. The van der Waals surface area contributed by atoms with Crippen molar-refractivity contribution in [2.45, 2.75) is 26.3 Å². The number of carboxylic acids is 1. The van der Waals surface area contributed by atoms with Gasteiger partial charge in [0.25, 0.3) is 5.91 Å². The maximum atomic E-state index is 12.5. The molecule has 126 valence electrons. The third-order valence-electron chi connectivity index (χ3n) is 3.48. The van der Waals surface area contributed by atoms with Gasteiger partial charge in [0.05, 0.1) is 16.3 Å². The SMILES string of the molecule is CC(C)C[C@@H](NC(=O)c1cc(-c2ccccn2)ccc1Cl)C(=O)O. The number of carboxylic acid groups (broad SMARTS) is 1. The summed E-state index contributed by atoms with van der Waals surface area (Å²) in [5.41, 5.74) is 1.68. The van der Waals surface area contributed by atoms with E-state index < -0.39 is 17.9 Å². The zero-order chi connectivity index (χ0) is 17.7. The lowest BCUT2D eigenvalue weighted by molar-refractivity contribution is -0.139. The molecule has 0 unspecified atom stereocenters. The van der Waals surface area contributed by atoms with Crippen LogP contribution < -0.4 is 5.32 Å². The molecule has 1 heterocycles. The number of hydrogen-bond acceptors (Lipinski definition) is 3. The Morgan fingerprint density at radius 3 is 2.58 bits per heavy atom. The Kier molecular flexibility index (Phi) is 5.93. The van der Waals surface area contributed by atoms with Crippen LogP contribution in [0.5, 0.6) is 0 Å². The van der Waals surface area contributed by atoms with E-state index >= 15 is 0 Å². The molecule has 0 aliphatic rings. The average Bonchev–Trinajstić information content (AvgIpc) is 2.54. The maximum absolute atomic E-state index is 12.5. The Labute approximate surface area is 145 Å². The molecule has 2 rings (SSSR count). The topological polar surface area (TPSA) is 79.3 Å². The summed E-state index contributed by atoms with van der Waals surface area (Å²) in [6, 6.07) is 9.52. The molecule has 0 radical (unpaired) electrons. The van der Waals surface area contributed by atoms with Crippen LogP contribution in [-0.2, 0) is 4.79 Å². The van der Waals surface area contributed by atoms with E-state index in [-0.39, 0.29) is 16.5 Å². The van der Waals surface area contributed by atoms with E-state index in [0.717, 1.165) is 5.56 Å². The molecule has 24 heavy (non-hydrogen) atoms. The van der Waals surface area contributed by atoms with Crippen LogP contribution in [0.1, 0.15) is 30.6 Å². The molecule has 0 fully saturated rings. The zero-order valence-electron chi connectivity index (χ0n) is 13.5. The molecule has 0 saturated carbocycles. The van der Waals surface area contributed by atoms with Gasteiger partial charge in [-0.25, -0.2) is 4.79 Å². The number of carbonyl (C=O) groups is 2. The Balaban J connectivity index is 2.27. The fourth-order valence-corrected chi connectivity index (χ4v) is 2.52. The number of nitrogens with one attached hydrogen (secondary N) is 1. The quantitative estimate of drug-likeness (QED) is 0.837. The van der Waals surface area contributed by atoms with E-state index in [1.807, 2.05) is 26.0 Å². The molecule has 0 aliphatic heterocycles. The summed E-state index contributed by atoms with van der Waals surface area (Å²) >= 11 is 6.12. The summed E-state index contributed by atoms with van der Waals surface area (Å²) in [7, 11) is 0. The van der Waals surface area contributed by atoms with Crippen molar-refractivity contribution in [3.63, 3.8) is 0 Å². The summed E-state index contributed by atoms with van der Waals surface area (Å²) in [6.07, 6.45) is 2.01. The van der Waals surface area contributed by atoms with Gasteiger partial charge in [0, 0.05) is 11.8 Å². The van der Waals surface area contributed by atoms with Gasteiger partial charge < -0.3 is 10.4 Å². The molecule has 2 aromatic rings. The number of benzene rings is 1. The van der Waals surface area contributed by atoms with Gasteiger partial charge in [0.15, 0.2) is 0 Å². The third kappa shape index (κ3) is 4.55. The smallest absolute Gasteiger partial charge is 0.326 e. The number of nitrogens with zero attached hydrogens (tertiary/aromatic N) is 1. The molecular weight excluding hydrogens is 328 g/mol. The van der Waals surface area contributed by atoms with Crippen molar-refractivity contribution in [3.05, 3.63) is 53.2 Å². The number of aliphatic carboxylic acids is 1. The largest absolute Gasteiger partial charge is 0.480 e. The van der Waals surface area contributed by atoms with E-state index in [4.69, 9.17) is 11.6 Å². The molecule has 1 aromatic carbocycles. The molecule has 1 aromatic heterocycles. The normalized spacial score (nSPS) is 12.0. The van der Waals surface area contributed by atoms with E-state index in [0.29, 0.717) is 12.1 Å². The minimum atomic E-state index is -1.06. The van der Waals surface area contributed by atoms with E-state index in [9.17, 15) is 14.7 Å². The first-order chi connectivity index (χ1) is 11.4. The van der Waals surface area contributed by atoms with Gasteiger partial charge in [-0.2, -0.15) is 0 Å². The van der Waals surface area contributed by atoms with Crippen LogP contribution in [0.15, 0.2) is 42.6 Å². The highest BCUT2D eigenvalue weighted by molar-refractivity contribution is 6.34. The highest BCUT2D eigenvalue weighted by Crippen LogP contribution is 2.24. The lowest BCUT2D eigenvalue weighted by Crippen LogP contribution is -2.41. The number of rotatable bonds is 6. The summed E-state index contributed by atoms with van der Waals surface area (Å²) in [4.78, 5) is 28.0. The second-order valence-electron chi connectivity index (χ2n) is 5.90. The second-order valence-corrected chi connectivity index (χ2v) is 6.31. The van der Waals surface area contributed by atoms with Crippen molar-refractivity contribution in [3.8, 4) is 11.3 Å². The zero-order valence-corrected chi connectivity index (χ0v) is 14.2. The number of hydrogen-bond donors (Lipinski definition) is 2. The second kappa shape index (κ2) is 7.93. The summed E-state index contributed by atoms with van der Waals surface area (Å²) < 4.78 is 0. The predicted molar refractivity (Wildman–Crippen MR) is 93.0 cm³/mol. The Hall–Kier alpha value is -2.40. The third-order valence-corrected chi connectivity index (χ3v) is 3.81. The standard InChI is InChI=1S/C18H19ClN2O3/c1-11(2)9-16(18(23)24)21-17(22)13-10-12(6-7-14(13)19)15-5-3-4-8-20-15/h3-8,10-11,16H,9H2,1-2H3,(H,21,22)(H,23,24)/t16-/m1/s1. The first-order valence-electron chi connectivity index (χ1n) is 7.63.